The Labute approximate surface area is 127 Å². The quantitative estimate of drug-likeness (QED) is 0.743. The van der Waals surface area contributed by atoms with Crippen molar-refractivity contribution >= 4 is 0 Å². The molecular weight excluding hydrogens is 246 g/mol. The minimum atomic E-state index is 0.382. The van der Waals surface area contributed by atoms with Gasteiger partial charge in [0.1, 0.15) is 0 Å². The Bertz CT molecular complexity index is 259. The van der Waals surface area contributed by atoms with Gasteiger partial charge < -0.3 is 10.1 Å². The molecule has 1 rings (SSSR count). The van der Waals surface area contributed by atoms with E-state index in [2.05, 4.69) is 46.9 Å². The van der Waals surface area contributed by atoms with Crippen LogP contribution in [-0.2, 0) is 4.74 Å². The Morgan fingerprint density at radius 1 is 1.20 bits per heavy atom. The van der Waals surface area contributed by atoms with Crippen molar-refractivity contribution in [3.05, 3.63) is 0 Å². The lowest BCUT2D eigenvalue weighted by Crippen LogP contribution is -2.43. The molecule has 2 nitrogen and oxygen atoms in total. The summed E-state index contributed by atoms with van der Waals surface area (Å²) >= 11 is 0. The van der Waals surface area contributed by atoms with Gasteiger partial charge in [-0.2, -0.15) is 0 Å². The van der Waals surface area contributed by atoms with Crippen molar-refractivity contribution in [2.75, 3.05) is 26.3 Å². The molecule has 1 saturated carbocycles. The molecule has 0 aromatic heterocycles. The van der Waals surface area contributed by atoms with Gasteiger partial charge >= 0.3 is 0 Å². The molecule has 0 heterocycles. The van der Waals surface area contributed by atoms with Gasteiger partial charge in [-0.3, -0.25) is 0 Å². The molecule has 0 aromatic carbocycles. The second-order valence-corrected chi connectivity index (χ2v) is 8.30. The summed E-state index contributed by atoms with van der Waals surface area (Å²) < 4.78 is 5.81. The van der Waals surface area contributed by atoms with Crippen molar-refractivity contribution in [3.63, 3.8) is 0 Å². The van der Waals surface area contributed by atoms with Gasteiger partial charge in [0.2, 0.25) is 0 Å². The van der Waals surface area contributed by atoms with Crippen LogP contribution < -0.4 is 5.32 Å². The van der Waals surface area contributed by atoms with E-state index in [0.29, 0.717) is 10.8 Å². The highest BCUT2D eigenvalue weighted by Crippen LogP contribution is 2.45. The van der Waals surface area contributed by atoms with Gasteiger partial charge in [-0.15, -0.1) is 0 Å². The summed E-state index contributed by atoms with van der Waals surface area (Å²) in [5, 5.41) is 3.68. The van der Waals surface area contributed by atoms with Crippen molar-refractivity contribution < 1.29 is 4.74 Å². The van der Waals surface area contributed by atoms with Gasteiger partial charge in [0.15, 0.2) is 0 Å². The lowest BCUT2D eigenvalue weighted by Gasteiger charge is -2.44. The first-order chi connectivity index (χ1) is 9.29. The standard InChI is InChI=1S/C18H37NO/c1-7-20-14-18(13-19-12-15(2)3)10-8-16(9-11-18)17(4,5)6/h15-16,19H,7-14H2,1-6H3. The second-order valence-electron chi connectivity index (χ2n) is 8.30. The second kappa shape index (κ2) is 7.79. The maximum Gasteiger partial charge on any atom is 0.0534 e. The van der Waals surface area contributed by atoms with E-state index in [-0.39, 0.29) is 0 Å². The minimum absolute atomic E-state index is 0.382. The minimum Gasteiger partial charge on any atom is -0.381 e. The zero-order chi connectivity index (χ0) is 15.2. The summed E-state index contributed by atoms with van der Waals surface area (Å²) in [6.07, 6.45) is 5.36. The van der Waals surface area contributed by atoms with E-state index in [1.54, 1.807) is 0 Å². The van der Waals surface area contributed by atoms with Crippen LogP contribution in [0.1, 0.15) is 67.2 Å². The topological polar surface area (TPSA) is 21.3 Å². The molecule has 1 N–H and O–H groups in total. The van der Waals surface area contributed by atoms with Crippen LogP contribution in [-0.4, -0.2) is 26.3 Å². The SMILES string of the molecule is CCOCC1(CNCC(C)C)CCC(C(C)(C)C)CC1. The average molecular weight is 284 g/mol. The molecule has 0 aromatic rings. The van der Waals surface area contributed by atoms with E-state index >= 15 is 0 Å². The molecule has 0 atom stereocenters. The van der Waals surface area contributed by atoms with E-state index in [4.69, 9.17) is 4.74 Å². The van der Waals surface area contributed by atoms with Crippen molar-refractivity contribution in [2.45, 2.75) is 67.2 Å². The van der Waals surface area contributed by atoms with Crippen LogP contribution in [0.25, 0.3) is 0 Å². The molecule has 0 amide bonds. The van der Waals surface area contributed by atoms with Crippen molar-refractivity contribution in [1.82, 2.24) is 5.32 Å². The smallest absolute Gasteiger partial charge is 0.0534 e. The third-order valence-electron chi connectivity index (χ3n) is 4.94. The van der Waals surface area contributed by atoms with Crippen molar-refractivity contribution in [2.24, 2.45) is 22.7 Å². The molecule has 2 heteroatoms. The third kappa shape index (κ3) is 5.73. The van der Waals surface area contributed by atoms with Gasteiger partial charge in [-0.25, -0.2) is 0 Å². The van der Waals surface area contributed by atoms with Gasteiger partial charge in [0.05, 0.1) is 6.61 Å². The Kier molecular flexibility index (Phi) is 7.00. The Morgan fingerprint density at radius 2 is 1.80 bits per heavy atom. The number of nitrogens with one attached hydrogen (secondary N) is 1. The summed E-state index contributed by atoms with van der Waals surface area (Å²) in [4.78, 5) is 0. The zero-order valence-corrected chi connectivity index (χ0v) is 14.7. The predicted molar refractivity (Wildman–Crippen MR) is 88.0 cm³/mol. The van der Waals surface area contributed by atoms with E-state index in [9.17, 15) is 0 Å². The number of hydrogen-bond acceptors (Lipinski definition) is 2. The summed E-state index contributed by atoms with van der Waals surface area (Å²) in [5.41, 5.74) is 0.843. The van der Waals surface area contributed by atoms with Crippen LogP contribution in [0.5, 0.6) is 0 Å². The Morgan fingerprint density at radius 3 is 2.25 bits per heavy atom. The number of rotatable bonds is 7. The molecule has 20 heavy (non-hydrogen) atoms. The van der Waals surface area contributed by atoms with Crippen LogP contribution in [0.15, 0.2) is 0 Å². The van der Waals surface area contributed by atoms with Gasteiger partial charge in [-0.05, 0) is 56.4 Å². The molecule has 0 saturated heterocycles. The van der Waals surface area contributed by atoms with E-state index in [1.165, 1.54) is 25.7 Å². The third-order valence-corrected chi connectivity index (χ3v) is 4.94. The maximum absolute atomic E-state index is 5.81. The number of ether oxygens (including phenoxy) is 1. The molecule has 0 spiro atoms. The molecular formula is C18H37NO. The van der Waals surface area contributed by atoms with Gasteiger partial charge in [0, 0.05) is 18.6 Å². The maximum atomic E-state index is 5.81. The lowest BCUT2D eigenvalue weighted by atomic mass is 9.64. The molecule has 120 valence electrons. The fourth-order valence-electron chi connectivity index (χ4n) is 3.41. The number of hydrogen-bond donors (Lipinski definition) is 1. The highest BCUT2D eigenvalue weighted by molar-refractivity contribution is 4.90. The summed E-state index contributed by atoms with van der Waals surface area (Å²) in [7, 11) is 0. The highest BCUT2D eigenvalue weighted by Gasteiger charge is 2.38. The Balaban J connectivity index is 2.53. The molecule has 1 aliphatic rings. The van der Waals surface area contributed by atoms with Crippen LogP contribution in [0.4, 0.5) is 0 Å². The van der Waals surface area contributed by atoms with Crippen LogP contribution in [0.3, 0.4) is 0 Å². The van der Waals surface area contributed by atoms with Crippen LogP contribution in [0, 0.1) is 22.7 Å². The summed E-state index contributed by atoms with van der Waals surface area (Å²) in [6.45, 7) is 17.9. The molecule has 1 aliphatic carbocycles. The van der Waals surface area contributed by atoms with E-state index < -0.39 is 0 Å². The van der Waals surface area contributed by atoms with Gasteiger partial charge in [0.25, 0.3) is 0 Å². The molecule has 0 bridgehead atoms. The summed E-state index contributed by atoms with van der Waals surface area (Å²) in [6, 6.07) is 0. The zero-order valence-electron chi connectivity index (χ0n) is 14.7. The monoisotopic (exact) mass is 283 g/mol. The molecule has 0 unspecified atom stereocenters. The first-order valence-electron chi connectivity index (χ1n) is 8.57. The Hall–Kier alpha value is -0.0800. The molecule has 1 fully saturated rings. The highest BCUT2D eigenvalue weighted by atomic mass is 16.5. The first-order valence-corrected chi connectivity index (χ1v) is 8.57. The lowest BCUT2D eigenvalue weighted by molar-refractivity contribution is 0.000835. The van der Waals surface area contributed by atoms with Crippen molar-refractivity contribution in [1.29, 1.82) is 0 Å². The van der Waals surface area contributed by atoms with Crippen molar-refractivity contribution in [3.8, 4) is 0 Å². The predicted octanol–water partition coefficient (Wildman–Crippen LogP) is 4.49. The molecule has 0 aliphatic heterocycles. The fourth-order valence-corrected chi connectivity index (χ4v) is 3.41. The van der Waals surface area contributed by atoms with E-state index in [1.807, 2.05) is 0 Å². The normalized spacial score (nSPS) is 28.1. The fraction of sp³-hybridized carbons (Fsp3) is 1.00. The van der Waals surface area contributed by atoms with Gasteiger partial charge in [-0.1, -0.05) is 34.6 Å². The molecule has 0 radical (unpaired) electrons. The van der Waals surface area contributed by atoms with Crippen LogP contribution in [0.2, 0.25) is 0 Å². The first kappa shape index (κ1) is 18.0. The average Bonchev–Trinajstić information content (AvgIpc) is 2.35. The van der Waals surface area contributed by atoms with E-state index in [0.717, 1.165) is 38.1 Å². The summed E-state index contributed by atoms with van der Waals surface area (Å²) in [5.74, 6) is 1.60. The largest absolute Gasteiger partial charge is 0.381 e. The van der Waals surface area contributed by atoms with Crippen LogP contribution >= 0.6 is 0 Å².